The second-order valence-electron chi connectivity index (χ2n) is 9.52. The van der Waals surface area contributed by atoms with Gasteiger partial charge in [0.05, 0.1) is 40.8 Å². The zero-order valence-electron chi connectivity index (χ0n) is 19.6. The number of hydrogen-bond donors (Lipinski definition) is 1. The van der Waals surface area contributed by atoms with Crippen molar-refractivity contribution in [2.45, 2.75) is 44.4 Å². The zero-order chi connectivity index (χ0) is 25.5. The summed E-state index contributed by atoms with van der Waals surface area (Å²) >= 11 is 0. The molecule has 2 aliphatic rings. The van der Waals surface area contributed by atoms with Crippen LogP contribution < -0.4 is 10.1 Å². The van der Waals surface area contributed by atoms with E-state index < -0.39 is 27.9 Å². The highest BCUT2D eigenvalue weighted by atomic mass is 32.2. The maximum atomic E-state index is 13.1. The molecular weight excluding hydrogens is 494 g/mol. The standard InChI is InChI=1S/C24H26F2N4O5S/c1-24(7-9-36(32,33)14-24)28-22(31)16-11-19-21(27-12-16)20(29-30(19)17-5-3-8-34-13-17)15-4-2-6-18(10-15)35-23(25)26/h2,4,6,10-12,17,23H,3,5,7-9,13-14H2,1H3,(H,28,31)/t17-,24?/m0/s1. The van der Waals surface area contributed by atoms with Gasteiger partial charge in [-0.1, -0.05) is 12.1 Å². The van der Waals surface area contributed by atoms with Crippen molar-refractivity contribution >= 4 is 26.8 Å². The molecule has 0 bridgehead atoms. The third-order valence-corrected chi connectivity index (χ3v) is 8.45. The fourth-order valence-corrected chi connectivity index (χ4v) is 6.90. The number of ether oxygens (including phenoxy) is 2. The highest BCUT2D eigenvalue weighted by molar-refractivity contribution is 7.91. The predicted molar refractivity (Wildman–Crippen MR) is 128 cm³/mol. The number of aromatic nitrogens is 3. The number of pyridine rings is 1. The number of nitrogens with one attached hydrogen (secondary N) is 1. The van der Waals surface area contributed by atoms with Gasteiger partial charge in [-0.15, -0.1) is 0 Å². The number of sulfone groups is 1. The molecule has 1 unspecified atom stereocenters. The first-order chi connectivity index (χ1) is 17.1. The van der Waals surface area contributed by atoms with Crippen LogP contribution in [-0.4, -0.2) is 66.0 Å². The molecule has 0 spiro atoms. The molecule has 2 fully saturated rings. The number of hydrogen-bond acceptors (Lipinski definition) is 7. The molecule has 12 heteroatoms. The average Bonchev–Trinajstić information content (AvgIpc) is 3.35. The number of rotatable bonds is 6. The summed E-state index contributed by atoms with van der Waals surface area (Å²) in [4.78, 5) is 17.6. The molecule has 2 aromatic heterocycles. The number of carbonyl (C=O) groups excluding carboxylic acids is 1. The number of carbonyl (C=O) groups is 1. The minimum atomic E-state index is -3.19. The smallest absolute Gasteiger partial charge is 0.387 e. The fraction of sp³-hybridized carbons (Fsp3) is 0.458. The number of alkyl halides is 2. The SMILES string of the molecule is CC1(NC(=O)c2cnc3c(-c4cccc(OC(F)F)c4)nn([C@H]4CCCOC4)c3c2)CCS(=O)(=O)C1. The van der Waals surface area contributed by atoms with Crippen LogP contribution in [0.3, 0.4) is 0 Å². The van der Waals surface area contributed by atoms with E-state index in [2.05, 4.69) is 15.0 Å². The van der Waals surface area contributed by atoms with E-state index in [1.54, 1.807) is 29.8 Å². The monoisotopic (exact) mass is 520 g/mol. The van der Waals surface area contributed by atoms with Gasteiger partial charge in [0.25, 0.3) is 5.91 Å². The molecule has 2 atom stereocenters. The Kier molecular flexibility index (Phi) is 6.41. The van der Waals surface area contributed by atoms with Crippen LogP contribution in [0.5, 0.6) is 5.75 Å². The van der Waals surface area contributed by atoms with E-state index in [0.717, 1.165) is 12.8 Å². The van der Waals surface area contributed by atoms with Crippen molar-refractivity contribution in [3.8, 4) is 17.0 Å². The number of halogens is 2. The van der Waals surface area contributed by atoms with Gasteiger partial charge < -0.3 is 14.8 Å². The van der Waals surface area contributed by atoms with E-state index in [4.69, 9.17) is 9.84 Å². The van der Waals surface area contributed by atoms with Gasteiger partial charge in [0.1, 0.15) is 17.0 Å². The quantitative estimate of drug-likeness (QED) is 0.530. The molecule has 36 heavy (non-hydrogen) atoms. The average molecular weight is 521 g/mol. The Hall–Kier alpha value is -3.12. The number of fused-ring (bicyclic) bond motifs is 1. The highest BCUT2D eigenvalue weighted by Gasteiger charge is 2.39. The van der Waals surface area contributed by atoms with Gasteiger partial charge in [-0.25, -0.2) is 8.42 Å². The van der Waals surface area contributed by atoms with Gasteiger partial charge >= 0.3 is 6.61 Å². The molecule has 2 saturated heterocycles. The summed E-state index contributed by atoms with van der Waals surface area (Å²) in [5, 5.41) is 7.61. The maximum absolute atomic E-state index is 13.1. The van der Waals surface area contributed by atoms with Crippen LogP contribution >= 0.6 is 0 Å². The Morgan fingerprint density at radius 2 is 2.17 bits per heavy atom. The highest BCUT2D eigenvalue weighted by Crippen LogP contribution is 2.33. The summed E-state index contributed by atoms with van der Waals surface area (Å²) in [7, 11) is -3.19. The van der Waals surface area contributed by atoms with Crippen LogP contribution in [-0.2, 0) is 14.6 Å². The lowest BCUT2D eigenvalue weighted by Gasteiger charge is -2.24. The third-order valence-electron chi connectivity index (χ3n) is 6.54. The zero-order valence-corrected chi connectivity index (χ0v) is 20.4. The number of amides is 1. The first-order valence-corrected chi connectivity index (χ1v) is 13.5. The normalized spacial score (nSPS) is 23.7. The molecule has 1 N–H and O–H groups in total. The van der Waals surface area contributed by atoms with Gasteiger partial charge in [0, 0.05) is 18.4 Å². The Balaban J connectivity index is 1.54. The van der Waals surface area contributed by atoms with Gasteiger partial charge in [-0.2, -0.15) is 13.9 Å². The molecule has 4 heterocycles. The predicted octanol–water partition coefficient (Wildman–Crippen LogP) is 3.36. The third kappa shape index (κ3) is 5.05. The van der Waals surface area contributed by atoms with E-state index in [-0.39, 0.29) is 28.9 Å². The summed E-state index contributed by atoms with van der Waals surface area (Å²) in [5.74, 6) is -0.500. The van der Waals surface area contributed by atoms with Crippen LogP contribution in [0.25, 0.3) is 22.3 Å². The molecule has 1 amide bonds. The van der Waals surface area contributed by atoms with Gasteiger partial charge in [0.2, 0.25) is 0 Å². The van der Waals surface area contributed by atoms with Crippen molar-refractivity contribution in [2.24, 2.45) is 0 Å². The van der Waals surface area contributed by atoms with Crippen LogP contribution in [0.15, 0.2) is 36.5 Å². The van der Waals surface area contributed by atoms with Crippen molar-refractivity contribution in [2.75, 3.05) is 24.7 Å². The van der Waals surface area contributed by atoms with Crippen molar-refractivity contribution < 1.29 is 31.5 Å². The molecule has 192 valence electrons. The van der Waals surface area contributed by atoms with E-state index in [1.807, 2.05) is 0 Å². The maximum Gasteiger partial charge on any atom is 0.387 e. The topological polar surface area (TPSA) is 112 Å². The lowest BCUT2D eigenvalue weighted by Crippen LogP contribution is -2.46. The van der Waals surface area contributed by atoms with E-state index in [9.17, 15) is 22.0 Å². The van der Waals surface area contributed by atoms with Gasteiger partial charge in [-0.05, 0) is 44.4 Å². The Morgan fingerprint density at radius 3 is 2.86 bits per heavy atom. The van der Waals surface area contributed by atoms with Crippen LogP contribution in [0.4, 0.5) is 8.78 Å². The molecule has 0 radical (unpaired) electrons. The largest absolute Gasteiger partial charge is 0.435 e. The summed E-state index contributed by atoms with van der Waals surface area (Å²) < 4.78 is 61.3. The summed E-state index contributed by atoms with van der Waals surface area (Å²) in [6.07, 6.45) is 3.42. The molecule has 9 nitrogen and oxygen atoms in total. The Bertz CT molecular complexity index is 1400. The van der Waals surface area contributed by atoms with Crippen molar-refractivity contribution in [3.63, 3.8) is 0 Å². The lowest BCUT2D eigenvalue weighted by atomic mass is 10.0. The second-order valence-corrected chi connectivity index (χ2v) is 11.7. The van der Waals surface area contributed by atoms with Crippen LogP contribution in [0.1, 0.15) is 42.6 Å². The number of nitrogens with zero attached hydrogens (tertiary/aromatic N) is 3. The first-order valence-electron chi connectivity index (χ1n) is 11.7. The van der Waals surface area contributed by atoms with Crippen molar-refractivity contribution in [1.82, 2.24) is 20.1 Å². The fourth-order valence-electron chi connectivity index (χ4n) is 4.81. The van der Waals surface area contributed by atoms with Gasteiger partial charge in [-0.3, -0.25) is 14.5 Å². The Labute approximate surface area is 206 Å². The molecule has 1 aromatic carbocycles. The second kappa shape index (κ2) is 9.40. The number of benzene rings is 1. The minimum Gasteiger partial charge on any atom is -0.435 e. The van der Waals surface area contributed by atoms with E-state index in [0.29, 0.717) is 41.9 Å². The van der Waals surface area contributed by atoms with E-state index in [1.165, 1.54) is 18.3 Å². The first kappa shape index (κ1) is 24.6. The molecule has 0 aliphatic carbocycles. The van der Waals surface area contributed by atoms with Crippen molar-refractivity contribution in [3.05, 3.63) is 42.1 Å². The summed E-state index contributed by atoms with van der Waals surface area (Å²) in [6.45, 7) is -0.137. The minimum absolute atomic E-state index is 0.00181. The molecule has 2 aliphatic heterocycles. The molecular formula is C24H26F2N4O5S. The Morgan fingerprint density at radius 1 is 1.33 bits per heavy atom. The summed E-state index contributed by atoms with van der Waals surface area (Å²) in [5.41, 5.74) is 1.53. The van der Waals surface area contributed by atoms with E-state index >= 15 is 0 Å². The lowest BCUT2D eigenvalue weighted by molar-refractivity contribution is -0.0498. The van der Waals surface area contributed by atoms with Gasteiger partial charge in [0.15, 0.2) is 9.84 Å². The summed E-state index contributed by atoms with van der Waals surface area (Å²) in [6, 6.07) is 7.82. The van der Waals surface area contributed by atoms with Crippen molar-refractivity contribution in [1.29, 1.82) is 0 Å². The molecule has 5 rings (SSSR count). The van der Waals surface area contributed by atoms with Crippen LogP contribution in [0.2, 0.25) is 0 Å². The molecule has 3 aromatic rings. The van der Waals surface area contributed by atoms with Crippen LogP contribution in [0, 0.1) is 0 Å². The molecule has 0 saturated carbocycles.